The normalized spacial score (nSPS) is 12.3. The summed E-state index contributed by atoms with van der Waals surface area (Å²) in [4.78, 5) is 0.533. The Labute approximate surface area is 110 Å². The van der Waals surface area contributed by atoms with E-state index in [1.165, 1.54) is 17.8 Å². The Morgan fingerprint density at radius 1 is 1.11 bits per heavy atom. The van der Waals surface area contributed by atoms with Crippen LogP contribution in [0.4, 0.5) is 10.1 Å². The van der Waals surface area contributed by atoms with Crippen LogP contribution in [0.2, 0.25) is 0 Å². The van der Waals surface area contributed by atoms with Crippen molar-refractivity contribution in [1.82, 2.24) is 0 Å². The molecule has 0 fully saturated rings. The molecule has 2 aromatic rings. The van der Waals surface area contributed by atoms with Gasteiger partial charge in [-0.15, -0.1) is 11.8 Å². The van der Waals surface area contributed by atoms with Gasteiger partial charge in [0, 0.05) is 21.9 Å². The number of benzene rings is 2. The zero-order valence-electron chi connectivity index (χ0n) is 9.71. The minimum Gasteiger partial charge on any atom is -0.398 e. The van der Waals surface area contributed by atoms with E-state index in [9.17, 15) is 9.50 Å². The number of thioether (sulfide) groups is 1. The molecule has 1 unspecified atom stereocenters. The van der Waals surface area contributed by atoms with Crippen LogP contribution < -0.4 is 5.73 Å². The fourth-order valence-electron chi connectivity index (χ4n) is 1.63. The summed E-state index contributed by atoms with van der Waals surface area (Å²) in [7, 11) is 0. The van der Waals surface area contributed by atoms with Gasteiger partial charge in [-0.25, -0.2) is 4.39 Å². The van der Waals surface area contributed by atoms with E-state index >= 15 is 0 Å². The van der Waals surface area contributed by atoms with Gasteiger partial charge in [-0.2, -0.15) is 0 Å². The Bertz CT molecular complexity index is 533. The van der Waals surface area contributed by atoms with Crippen molar-refractivity contribution >= 4 is 17.4 Å². The van der Waals surface area contributed by atoms with Crippen molar-refractivity contribution < 1.29 is 9.50 Å². The Hall–Kier alpha value is -1.52. The second kappa shape index (κ2) is 5.89. The molecule has 0 heterocycles. The topological polar surface area (TPSA) is 46.2 Å². The number of hydrogen-bond acceptors (Lipinski definition) is 3. The van der Waals surface area contributed by atoms with Crippen LogP contribution in [-0.4, -0.2) is 10.9 Å². The smallest absolute Gasteiger partial charge is 0.136 e. The minimum absolute atomic E-state index is 0.268. The average molecular weight is 263 g/mol. The number of hydrogen-bond donors (Lipinski definition) is 2. The molecule has 0 aliphatic carbocycles. The maximum absolute atomic E-state index is 13.4. The van der Waals surface area contributed by atoms with Gasteiger partial charge in [-0.1, -0.05) is 30.3 Å². The first-order valence-electron chi connectivity index (χ1n) is 5.58. The van der Waals surface area contributed by atoms with Crippen LogP contribution in [0.1, 0.15) is 11.7 Å². The number of para-hydroxylation sites is 1. The monoisotopic (exact) mass is 263 g/mol. The molecule has 0 bridgehead atoms. The van der Waals surface area contributed by atoms with Crippen molar-refractivity contribution in [3.8, 4) is 0 Å². The van der Waals surface area contributed by atoms with Crippen LogP contribution in [0.5, 0.6) is 0 Å². The number of aliphatic hydroxyl groups excluding tert-OH is 1. The molecule has 18 heavy (non-hydrogen) atoms. The highest BCUT2D eigenvalue weighted by molar-refractivity contribution is 7.99. The maximum atomic E-state index is 13.4. The standard InChI is InChI=1S/C14H14FNOS/c15-11-6-2-4-8-14(11)18-9-13(17)10-5-1-3-7-12(10)16/h1-8,13,17H,9,16H2. The molecule has 2 nitrogen and oxygen atoms in total. The van der Waals surface area contributed by atoms with Crippen molar-refractivity contribution in [3.63, 3.8) is 0 Å². The van der Waals surface area contributed by atoms with Gasteiger partial charge in [0.15, 0.2) is 0 Å². The summed E-state index contributed by atoms with van der Waals surface area (Å²) in [6.07, 6.45) is -0.698. The number of halogens is 1. The number of aliphatic hydroxyl groups is 1. The second-order valence-corrected chi connectivity index (χ2v) is 4.95. The van der Waals surface area contributed by atoms with Crippen molar-refractivity contribution in [2.24, 2.45) is 0 Å². The molecule has 0 radical (unpaired) electrons. The Morgan fingerprint density at radius 3 is 2.50 bits per heavy atom. The van der Waals surface area contributed by atoms with Crippen LogP contribution in [-0.2, 0) is 0 Å². The predicted octanol–water partition coefficient (Wildman–Crippen LogP) is 3.23. The first kappa shape index (κ1) is 12.9. The number of nitrogen functional groups attached to an aromatic ring is 1. The molecule has 1 atom stereocenters. The molecular weight excluding hydrogens is 249 g/mol. The minimum atomic E-state index is -0.698. The zero-order valence-corrected chi connectivity index (χ0v) is 10.5. The third-order valence-corrected chi connectivity index (χ3v) is 3.71. The predicted molar refractivity (Wildman–Crippen MR) is 72.9 cm³/mol. The van der Waals surface area contributed by atoms with E-state index in [-0.39, 0.29) is 5.82 Å². The van der Waals surface area contributed by atoms with Crippen LogP contribution in [0.25, 0.3) is 0 Å². The molecule has 0 aliphatic rings. The van der Waals surface area contributed by atoms with E-state index in [2.05, 4.69) is 0 Å². The van der Waals surface area contributed by atoms with E-state index in [0.29, 0.717) is 21.9 Å². The highest BCUT2D eigenvalue weighted by atomic mass is 32.2. The summed E-state index contributed by atoms with van der Waals surface area (Å²) >= 11 is 1.28. The van der Waals surface area contributed by atoms with E-state index in [0.717, 1.165) is 0 Å². The summed E-state index contributed by atoms with van der Waals surface area (Å²) in [6, 6.07) is 13.7. The number of anilines is 1. The van der Waals surface area contributed by atoms with Crippen molar-refractivity contribution in [1.29, 1.82) is 0 Å². The summed E-state index contributed by atoms with van der Waals surface area (Å²) in [5.41, 5.74) is 7.01. The second-order valence-electron chi connectivity index (χ2n) is 3.89. The van der Waals surface area contributed by atoms with Gasteiger partial charge in [-0.05, 0) is 18.2 Å². The van der Waals surface area contributed by atoms with Gasteiger partial charge in [0.05, 0.1) is 6.10 Å². The molecule has 94 valence electrons. The highest BCUT2D eigenvalue weighted by Crippen LogP contribution is 2.28. The van der Waals surface area contributed by atoms with Crippen LogP contribution in [0, 0.1) is 5.82 Å². The molecule has 0 saturated carbocycles. The lowest BCUT2D eigenvalue weighted by molar-refractivity contribution is 0.205. The molecule has 3 N–H and O–H groups in total. The Kier molecular flexibility index (Phi) is 4.23. The van der Waals surface area contributed by atoms with Gasteiger partial charge >= 0.3 is 0 Å². The van der Waals surface area contributed by atoms with Crippen molar-refractivity contribution in [2.75, 3.05) is 11.5 Å². The van der Waals surface area contributed by atoms with Gasteiger partial charge in [-0.3, -0.25) is 0 Å². The van der Waals surface area contributed by atoms with Crippen molar-refractivity contribution in [3.05, 3.63) is 59.9 Å². The van der Waals surface area contributed by atoms with Crippen LogP contribution >= 0.6 is 11.8 Å². The van der Waals surface area contributed by atoms with Gasteiger partial charge in [0.2, 0.25) is 0 Å². The summed E-state index contributed by atoms with van der Waals surface area (Å²) < 4.78 is 13.4. The Balaban J connectivity index is 2.03. The third-order valence-electron chi connectivity index (χ3n) is 2.59. The van der Waals surface area contributed by atoms with E-state index in [1.807, 2.05) is 12.1 Å². The van der Waals surface area contributed by atoms with E-state index < -0.39 is 6.10 Å². The molecule has 0 saturated heterocycles. The van der Waals surface area contributed by atoms with Crippen molar-refractivity contribution in [2.45, 2.75) is 11.0 Å². The molecule has 2 aromatic carbocycles. The lowest BCUT2D eigenvalue weighted by Gasteiger charge is -2.13. The van der Waals surface area contributed by atoms with Crippen LogP contribution in [0.15, 0.2) is 53.4 Å². The molecule has 2 rings (SSSR count). The number of nitrogens with two attached hydrogens (primary N) is 1. The highest BCUT2D eigenvalue weighted by Gasteiger charge is 2.12. The summed E-state index contributed by atoms with van der Waals surface area (Å²) in [5.74, 6) is 0.102. The van der Waals surface area contributed by atoms with Gasteiger partial charge < -0.3 is 10.8 Å². The lowest BCUT2D eigenvalue weighted by Crippen LogP contribution is -2.04. The lowest BCUT2D eigenvalue weighted by atomic mass is 10.1. The third kappa shape index (κ3) is 3.03. The quantitative estimate of drug-likeness (QED) is 0.657. The average Bonchev–Trinajstić information content (AvgIpc) is 2.38. The molecule has 0 amide bonds. The first-order valence-corrected chi connectivity index (χ1v) is 6.57. The van der Waals surface area contributed by atoms with Gasteiger partial charge in [0.25, 0.3) is 0 Å². The molecule has 0 aliphatic heterocycles. The Morgan fingerprint density at radius 2 is 1.78 bits per heavy atom. The maximum Gasteiger partial charge on any atom is 0.136 e. The fourth-order valence-corrected chi connectivity index (χ4v) is 2.53. The summed E-state index contributed by atoms with van der Waals surface area (Å²) in [6.45, 7) is 0. The largest absolute Gasteiger partial charge is 0.398 e. The molecule has 0 aromatic heterocycles. The zero-order chi connectivity index (χ0) is 13.0. The summed E-state index contributed by atoms with van der Waals surface area (Å²) in [5, 5.41) is 10.0. The van der Waals surface area contributed by atoms with Gasteiger partial charge in [0.1, 0.15) is 5.82 Å². The number of rotatable bonds is 4. The SMILES string of the molecule is Nc1ccccc1C(O)CSc1ccccc1F. The molecule has 0 spiro atoms. The first-order chi connectivity index (χ1) is 8.68. The molecule has 4 heteroatoms. The van der Waals surface area contributed by atoms with E-state index in [1.54, 1.807) is 30.3 Å². The fraction of sp³-hybridized carbons (Fsp3) is 0.143. The van der Waals surface area contributed by atoms with E-state index in [4.69, 9.17) is 5.73 Å². The molecular formula is C14H14FNOS. The van der Waals surface area contributed by atoms with Crippen LogP contribution in [0.3, 0.4) is 0 Å².